The molecule has 330 valence electrons. The second-order valence-corrected chi connectivity index (χ2v) is 17.6. The van der Waals surface area contributed by atoms with E-state index >= 15 is 0 Å². The molecule has 0 aromatic rings. The van der Waals surface area contributed by atoms with Gasteiger partial charge in [0.05, 0.1) is 74.2 Å². The number of aliphatic hydroxyl groups is 3. The maximum atomic E-state index is 11.6. The van der Waals surface area contributed by atoms with Crippen LogP contribution in [0.4, 0.5) is 0 Å². The van der Waals surface area contributed by atoms with E-state index < -0.39 is 17.2 Å². The molecule has 14 heteroatoms. The third-order valence-corrected chi connectivity index (χ3v) is 12.1. The van der Waals surface area contributed by atoms with E-state index in [1.54, 1.807) is 13.8 Å². The third-order valence-electron chi connectivity index (χ3n) is 12.1. The molecule has 0 unspecified atom stereocenters. The van der Waals surface area contributed by atoms with Crippen LogP contribution in [0.5, 0.6) is 0 Å². The zero-order chi connectivity index (χ0) is 42.3. The Hall–Kier alpha value is -2.20. The van der Waals surface area contributed by atoms with Gasteiger partial charge in [0.25, 0.3) is 0 Å². The summed E-state index contributed by atoms with van der Waals surface area (Å²) in [5.41, 5.74) is -1.18. The summed E-state index contributed by atoms with van der Waals surface area (Å²) in [4.78, 5) is 45.0. The minimum Gasteiger partial charge on any atom is -0.466 e. The Kier molecular flexibility index (Phi) is 19.3. The van der Waals surface area contributed by atoms with Gasteiger partial charge in [-0.2, -0.15) is 0 Å². The van der Waals surface area contributed by atoms with Gasteiger partial charge in [-0.05, 0) is 144 Å². The molecular formula is C43H74O14. The zero-order valence-electron chi connectivity index (χ0n) is 35.9. The Labute approximate surface area is 340 Å². The fourth-order valence-electron chi connectivity index (χ4n) is 8.53. The van der Waals surface area contributed by atoms with Crippen molar-refractivity contribution in [3.05, 3.63) is 0 Å². The topological polar surface area (TPSA) is 194 Å². The lowest BCUT2D eigenvalue weighted by Gasteiger charge is -2.35. The maximum absolute atomic E-state index is 11.6. The number of carbonyl (C=O) groups excluding carboxylic acids is 4. The standard InChI is InChI=1S/C13H22O4.C11H20O3.C10H18O4.C9H14O3/c1-4-15-11(14)10-5-7-13(8-6-10)9-16-12(2,3)17-13;1-10(2)13-8-11(14-10)5-3-9(7-12)4-6-11;1-2-14-9(12)8-3-5-10(13,7-11)6-4-8;1-2-12-9(11)7-3-5-8(10)6-4-7/h10H,4-9H2,1-3H3;9,12H,3-8H2,1-2H3;8,11,13H,2-7H2,1H3;7H,2-6H2,1H3. The summed E-state index contributed by atoms with van der Waals surface area (Å²) in [7, 11) is 0. The fraction of sp³-hybridized carbons (Fsp3) is 0.907. The van der Waals surface area contributed by atoms with Crippen LogP contribution in [0, 0.1) is 23.7 Å². The monoisotopic (exact) mass is 815 g/mol. The van der Waals surface area contributed by atoms with E-state index in [0.29, 0.717) is 90.3 Å². The number of aliphatic hydroxyl groups excluding tert-OH is 2. The summed E-state index contributed by atoms with van der Waals surface area (Å²) in [5.74, 6) is -0.568. The first kappa shape index (κ1) is 49.2. The molecule has 14 nitrogen and oxygen atoms in total. The molecule has 0 aromatic heterocycles. The number of ether oxygens (including phenoxy) is 7. The van der Waals surface area contributed by atoms with Crippen LogP contribution in [0.1, 0.15) is 151 Å². The second-order valence-electron chi connectivity index (χ2n) is 17.6. The second kappa shape index (κ2) is 22.4. The number of carbonyl (C=O) groups is 4. The predicted molar refractivity (Wildman–Crippen MR) is 210 cm³/mol. The maximum Gasteiger partial charge on any atom is 0.308 e. The minimum absolute atomic E-state index is 0.0253. The van der Waals surface area contributed by atoms with Gasteiger partial charge in [0.1, 0.15) is 5.78 Å². The molecule has 6 aliphatic rings. The van der Waals surface area contributed by atoms with E-state index in [9.17, 15) is 24.3 Å². The summed E-state index contributed by atoms with van der Waals surface area (Å²) >= 11 is 0. The van der Waals surface area contributed by atoms with Crippen molar-refractivity contribution < 1.29 is 67.7 Å². The largest absolute Gasteiger partial charge is 0.466 e. The van der Waals surface area contributed by atoms with Gasteiger partial charge in [0.15, 0.2) is 11.6 Å². The van der Waals surface area contributed by atoms with E-state index in [4.69, 9.17) is 43.4 Å². The molecule has 6 fully saturated rings. The van der Waals surface area contributed by atoms with Crippen molar-refractivity contribution in [2.24, 2.45) is 23.7 Å². The molecule has 2 heterocycles. The van der Waals surface area contributed by atoms with Crippen molar-refractivity contribution >= 4 is 23.7 Å². The highest BCUT2D eigenvalue weighted by atomic mass is 16.8. The molecule has 0 radical (unpaired) electrons. The van der Waals surface area contributed by atoms with Gasteiger partial charge in [0, 0.05) is 19.4 Å². The number of Topliss-reactive ketones (excluding diaryl/α,β-unsaturated/α-hetero) is 1. The van der Waals surface area contributed by atoms with Crippen molar-refractivity contribution in [2.45, 2.75) is 180 Å². The first-order valence-electron chi connectivity index (χ1n) is 21.5. The van der Waals surface area contributed by atoms with Crippen LogP contribution >= 0.6 is 0 Å². The summed E-state index contributed by atoms with van der Waals surface area (Å²) in [6, 6.07) is 0. The zero-order valence-corrected chi connectivity index (χ0v) is 35.9. The highest BCUT2D eigenvalue weighted by Gasteiger charge is 2.49. The Balaban J connectivity index is 0.000000205. The highest BCUT2D eigenvalue weighted by molar-refractivity contribution is 5.82. The fourth-order valence-corrected chi connectivity index (χ4v) is 8.53. The van der Waals surface area contributed by atoms with Crippen LogP contribution in [0.2, 0.25) is 0 Å². The Bertz CT molecular complexity index is 1250. The van der Waals surface area contributed by atoms with Crippen molar-refractivity contribution in [3.63, 3.8) is 0 Å². The third kappa shape index (κ3) is 15.7. The highest BCUT2D eigenvalue weighted by Crippen LogP contribution is 2.44. The summed E-state index contributed by atoms with van der Waals surface area (Å²) in [5, 5.41) is 27.7. The van der Waals surface area contributed by atoms with Crippen molar-refractivity contribution in [2.75, 3.05) is 46.2 Å². The Morgan fingerprint density at radius 3 is 1.26 bits per heavy atom. The molecule has 57 heavy (non-hydrogen) atoms. The van der Waals surface area contributed by atoms with Gasteiger partial charge in [-0.3, -0.25) is 19.2 Å². The molecule has 4 aliphatic carbocycles. The molecule has 2 saturated heterocycles. The molecule has 2 aliphatic heterocycles. The number of esters is 3. The number of hydrogen-bond donors (Lipinski definition) is 3. The smallest absolute Gasteiger partial charge is 0.308 e. The molecular weight excluding hydrogens is 740 g/mol. The van der Waals surface area contributed by atoms with Crippen molar-refractivity contribution in [1.82, 2.24) is 0 Å². The summed E-state index contributed by atoms with van der Waals surface area (Å²) in [6.45, 7) is 16.0. The average molecular weight is 815 g/mol. The molecule has 2 spiro atoms. The lowest BCUT2D eigenvalue weighted by molar-refractivity contribution is -0.172. The van der Waals surface area contributed by atoms with Crippen LogP contribution in [-0.4, -0.2) is 114 Å². The molecule has 3 N–H and O–H groups in total. The van der Waals surface area contributed by atoms with Crippen LogP contribution in [0.15, 0.2) is 0 Å². The summed E-state index contributed by atoms with van der Waals surface area (Å²) < 4.78 is 38.0. The van der Waals surface area contributed by atoms with E-state index in [0.717, 1.165) is 58.0 Å². The summed E-state index contributed by atoms with van der Waals surface area (Å²) in [6.07, 6.45) is 12.3. The van der Waals surface area contributed by atoms with Gasteiger partial charge in [-0.15, -0.1) is 0 Å². The van der Waals surface area contributed by atoms with Gasteiger partial charge in [-0.1, -0.05) is 0 Å². The molecule has 0 bridgehead atoms. The molecule has 4 saturated carbocycles. The van der Waals surface area contributed by atoms with Crippen LogP contribution in [-0.2, 0) is 52.3 Å². The molecule has 0 amide bonds. The van der Waals surface area contributed by atoms with Crippen LogP contribution in [0.3, 0.4) is 0 Å². The van der Waals surface area contributed by atoms with Gasteiger partial charge in [-0.25, -0.2) is 0 Å². The van der Waals surface area contributed by atoms with Crippen molar-refractivity contribution in [1.29, 1.82) is 0 Å². The first-order chi connectivity index (χ1) is 26.9. The lowest BCUT2D eigenvalue weighted by Crippen LogP contribution is -2.40. The predicted octanol–water partition coefficient (Wildman–Crippen LogP) is 5.72. The number of hydrogen-bond acceptors (Lipinski definition) is 14. The van der Waals surface area contributed by atoms with Gasteiger partial charge >= 0.3 is 17.9 Å². The van der Waals surface area contributed by atoms with Gasteiger partial charge in [0.2, 0.25) is 0 Å². The molecule has 0 aromatic carbocycles. The average Bonchev–Trinajstić information content (AvgIpc) is 3.66. The normalized spacial score (nSPS) is 33.1. The Morgan fingerprint density at radius 2 is 0.947 bits per heavy atom. The number of ketones is 1. The number of rotatable bonds is 8. The molecule has 6 rings (SSSR count). The van der Waals surface area contributed by atoms with E-state index in [1.807, 2.05) is 34.6 Å². The van der Waals surface area contributed by atoms with Crippen LogP contribution < -0.4 is 0 Å². The SMILES string of the molecule is CC1(C)OCC2(CCC(CO)CC2)O1.CCOC(=O)C1CCC(=O)CC1.CCOC(=O)C1CCC(O)(CO)CC1.CCOC(=O)C1CCC2(CC1)COC(C)(C)O2. The minimum atomic E-state index is -0.969. The van der Waals surface area contributed by atoms with E-state index in [2.05, 4.69) is 0 Å². The van der Waals surface area contributed by atoms with E-state index in [1.165, 1.54) is 0 Å². The lowest BCUT2D eigenvalue weighted by atomic mass is 9.79. The van der Waals surface area contributed by atoms with Crippen molar-refractivity contribution in [3.8, 4) is 0 Å². The first-order valence-corrected chi connectivity index (χ1v) is 21.5. The van der Waals surface area contributed by atoms with E-state index in [-0.39, 0.29) is 59.3 Å². The molecule has 0 atom stereocenters. The Morgan fingerprint density at radius 1 is 0.596 bits per heavy atom. The van der Waals surface area contributed by atoms with Gasteiger partial charge < -0.3 is 48.5 Å². The van der Waals surface area contributed by atoms with Crippen LogP contribution in [0.25, 0.3) is 0 Å². The quantitative estimate of drug-likeness (QED) is 0.199.